The summed E-state index contributed by atoms with van der Waals surface area (Å²) in [4.78, 5) is 0.237. The summed E-state index contributed by atoms with van der Waals surface area (Å²) >= 11 is 0. The van der Waals surface area contributed by atoms with Gasteiger partial charge in [-0.3, -0.25) is 4.72 Å². The van der Waals surface area contributed by atoms with Crippen molar-refractivity contribution in [1.82, 2.24) is 10.2 Å². The molecular formula is C20H21N3O3S. The van der Waals surface area contributed by atoms with Crippen LogP contribution in [-0.4, -0.2) is 25.2 Å². The number of aromatic nitrogens is 2. The van der Waals surface area contributed by atoms with Crippen molar-refractivity contribution in [3.63, 3.8) is 0 Å². The number of sulfonamides is 1. The number of aryl methyl sites for hydroxylation is 1. The highest BCUT2D eigenvalue weighted by molar-refractivity contribution is 7.92. The van der Waals surface area contributed by atoms with E-state index in [9.17, 15) is 8.42 Å². The minimum atomic E-state index is -3.62. The van der Waals surface area contributed by atoms with Crippen LogP contribution in [0.15, 0.2) is 65.6 Å². The van der Waals surface area contributed by atoms with Crippen molar-refractivity contribution in [2.45, 2.75) is 25.2 Å². The van der Waals surface area contributed by atoms with Crippen LogP contribution in [0.4, 0.5) is 5.69 Å². The summed E-state index contributed by atoms with van der Waals surface area (Å²) in [7, 11) is -3.62. The van der Waals surface area contributed by atoms with Crippen molar-refractivity contribution in [1.29, 1.82) is 0 Å². The maximum Gasteiger partial charge on any atom is 0.261 e. The smallest absolute Gasteiger partial charge is 0.261 e. The predicted molar refractivity (Wildman–Crippen MR) is 105 cm³/mol. The van der Waals surface area contributed by atoms with E-state index >= 15 is 0 Å². The third kappa shape index (κ3) is 4.62. The topological polar surface area (TPSA) is 81.2 Å². The molecule has 6 nitrogen and oxygen atoms in total. The minimum absolute atomic E-state index is 0.237. The zero-order chi connectivity index (χ0) is 19.3. The molecule has 0 radical (unpaired) electrons. The van der Waals surface area contributed by atoms with E-state index in [2.05, 4.69) is 14.9 Å². The zero-order valence-electron chi connectivity index (χ0n) is 15.2. The lowest BCUT2D eigenvalue weighted by molar-refractivity contribution is 0.323. The molecule has 3 rings (SSSR count). The van der Waals surface area contributed by atoms with E-state index in [1.165, 1.54) is 0 Å². The lowest BCUT2D eigenvalue weighted by Crippen LogP contribution is -2.12. The van der Waals surface area contributed by atoms with Gasteiger partial charge in [0.05, 0.1) is 17.2 Å². The van der Waals surface area contributed by atoms with Crippen LogP contribution < -0.4 is 9.46 Å². The normalized spacial score (nSPS) is 11.2. The molecule has 2 aromatic carbocycles. The summed E-state index contributed by atoms with van der Waals surface area (Å²) in [6.45, 7) is 4.44. The molecule has 27 heavy (non-hydrogen) atoms. The van der Waals surface area contributed by atoms with Crippen LogP contribution in [0.25, 0.3) is 11.3 Å². The van der Waals surface area contributed by atoms with Gasteiger partial charge in [0.15, 0.2) is 0 Å². The molecule has 1 N–H and O–H groups in total. The molecule has 1 heterocycles. The molecule has 0 aliphatic carbocycles. The van der Waals surface area contributed by atoms with Gasteiger partial charge in [-0.25, -0.2) is 8.42 Å². The van der Waals surface area contributed by atoms with E-state index in [1.807, 2.05) is 32.0 Å². The lowest BCUT2D eigenvalue weighted by atomic mass is 10.1. The fourth-order valence-corrected chi connectivity index (χ4v) is 3.58. The van der Waals surface area contributed by atoms with E-state index in [-0.39, 0.29) is 4.90 Å². The molecule has 0 aliphatic rings. The highest BCUT2D eigenvalue weighted by Crippen LogP contribution is 2.22. The summed E-state index contributed by atoms with van der Waals surface area (Å²) in [6.07, 6.45) is 0.865. The SMILES string of the molecule is CCOc1ccc(-c2ccc(NS(=O)(=O)c3ccc(CC)cc3)cc2)nn1. The number of hydrogen-bond donors (Lipinski definition) is 1. The molecule has 0 spiro atoms. The summed E-state index contributed by atoms with van der Waals surface area (Å²) in [5, 5.41) is 8.12. The number of rotatable bonds is 7. The molecule has 140 valence electrons. The molecule has 0 aliphatic heterocycles. The first-order valence-electron chi connectivity index (χ1n) is 8.70. The Morgan fingerprint density at radius 3 is 2.15 bits per heavy atom. The zero-order valence-corrected chi connectivity index (χ0v) is 16.0. The van der Waals surface area contributed by atoms with Crippen molar-refractivity contribution in [3.05, 3.63) is 66.2 Å². The summed E-state index contributed by atoms with van der Waals surface area (Å²) in [5.74, 6) is 0.472. The van der Waals surface area contributed by atoms with Gasteiger partial charge >= 0.3 is 0 Å². The van der Waals surface area contributed by atoms with E-state index in [0.717, 1.165) is 17.5 Å². The highest BCUT2D eigenvalue weighted by Gasteiger charge is 2.14. The van der Waals surface area contributed by atoms with Gasteiger partial charge in [0, 0.05) is 17.3 Å². The lowest BCUT2D eigenvalue weighted by Gasteiger charge is -2.09. The van der Waals surface area contributed by atoms with Crippen LogP contribution in [-0.2, 0) is 16.4 Å². The van der Waals surface area contributed by atoms with Gasteiger partial charge in [-0.1, -0.05) is 31.2 Å². The van der Waals surface area contributed by atoms with Crippen LogP contribution in [0.1, 0.15) is 19.4 Å². The fraction of sp³-hybridized carbons (Fsp3) is 0.200. The van der Waals surface area contributed by atoms with E-state index in [1.54, 1.807) is 42.5 Å². The number of nitrogens with one attached hydrogen (secondary N) is 1. The van der Waals surface area contributed by atoms with Gasteiger partial charge in [0.2, 0.25) is 5.88 Å². The molecule has 1 aromatic heterocycles. The first kappa shape index (κ1) is 18.8. The van der Waals surface area contributed by atoms with Crippen LogP contribution in [0.3, 0.4) is 0 Å². The van der Waals surface area contributed by atoms with Gasteiger partial charge in [-0.05, 0) is 49.2 Å². The van der Waals surface area contributed by atoms with Crippen molar-refractivity contribution >= 4 is 15.7 Å². The van der Waals surface area contributed by atoms with Crippen LogP contribution in [0, 0.1) is 0 Å². The summed E-state index contributed by atoms with van der Waals surface area (Å²) in [5.41, 5.74) is 3.09. The number of anilines is 1. The van der Waals surface area contributed by atoms with Crippen LogP contribution >= 0.6 is 0 Å². The molecule has 0 bridgehead atoms. The first-order valence-corrected chi connectivity index (χ1v) is 10.2. The minimum Gasteiger partial charge on any atom is -0.477 e. The number of nitrogens with zero attached hydrogens (tertiary/aromatic N) is 2. The van der Waals surface area contributed by atoms with Crippen LogP contribution in [0.5, 0.6) is 5.88 Å². The third-order valence-corrected chi connectivity index (χ3v) is 5.40. The molecule has 3 aromatic rings. The van der Waals surface area contributed by atoms with E-state index < -0.39 is 10.0 Å². The standard InChI is InChI=1S/C20H21N3O3S/c1-3-15-5-11-18(12-6-15)27(24,25)23-17-9-7-16(8-10-17)19-13-14-20(22-21-19)26-4-2/h5-14,23H,3-4H2,1-2H3. The number of benzene rings is 2. The monoisotopic (exact) mass is 383 g/mol. The Morgan fingerprint density at radius 1 is 0.889 bits per heavy atom. The van der Waals surface area contributed by atoms with E-state index in [0.29, 0.717) is 23.9 Å². The Labute approximate surface area is 159 Å². The van der Waals surface area contributed by atoms with Gasteiger partial charge in [-0.15, -0.1) is 10.2 Å². The average molecular weight is 383 g/mol. The molecule has 0 saturated carbocycles. The van der Waals surface area contributed by atoms with Gasteiger partial charge in [0.25, 0.3) is 10.0 Å². The molecule has 7 heteroatoms. The van der Waals surface area contributed by atoms with Gasteiger partial charge < -0.3 is 4.74 Å². The quantitative estimate of drug-likeness (QED) is 0.669. The molecule has 0 atom stereocenters. The molecule has 0 saturated heterocycles. The van der Waals surface area contributed by atoms with Crippen molar-refractivity contribution in [2.24, 2.45) is 0 Å². The number of ether oxygens (including phenoxy) is 1. The van der Waals surface area contributed by atoms with Crippen molar-refractivity contribution in [2.75, 3.05) is 11.3 Å². The molecule has 0 unspecified atom stereocenters. The Morgan fingerprint density at radius 2 is 1.59 bits per heavy atom. The maximum absolute atomic E-state index is 12.5. The maximum atomic E-state index is 12.5. The van der Waals surface area contributed by atoms with Crippen molar-refractivity contribution < 1.29 is 13.2 Å². The summed E-state index contributed by atoms with van der Waals surface area (Å²) < 4.78 is 32.9. The molecule has 0 amide bonds. The summed E-state index contributed by atoms with van der Waals surface area (Å²) in [6, 6.07) is 17.4. The Bertz CT molecular complexity index is 984. The molecular weight excluding hydrogens is 362 g/mol. The van der Waals surface area contributed by atoms with Crippen molar-refractivity contribution in [3.8, 4) is 17.1 Å². The van der Waals surface area contributed by atoms with Gasteiger partial charge in [-0.2, -0.15) is 0 Å². The van der Waals surface area contributed by atoms with E-state index in [4.69, 9.17) is 4.74 Å². The Kier molecular flexibility index (Phi) is 5.71. The number of hydrogen-bond acceptors (Lipinski definition) is 5. The second-order valence-electron chi connectivity index (χ2n) is 5.87. The molecule has 0 fully saturated rings. The Balaban J connectivity index is 1.74. The van der Waals surface area contributed by atoms with Gasteiger partial charge in [0.1, 0.15) is 0 Å². The Hall–Kier alpha value is -2.93. The predicted octanol–water partition coefficient (Wildman–Crippen LogP) is 3.91. The first-order chi connectivity index (χ1) is 13.0. The highest BCUT2D eigenvalue weighted by atomic mass is 32.2. The second-order valence-corrected chi connectivity index (χ2v) is 7.55. The third-order valence-electron chi connectivity index (χ3n) is 4.01. The van der Waals surface area contributed by atoms with Crippen LogP contribution in [0.2, 0.25) is 0 Å². The average Bonchev–Trinajstić information content (AvgIpc) is 2.69. The fourth-order valence-electron chi connectivity index (χ4n) is 2.53. The second kappa shape index (κ2) is 8.18. The largest absolute Gasteiger partial charge is 0.477 e.